The molecule has 76 valence electrons. The second-order valence-electron chi connectivity index (χ2n) is 2.76. The molecule has 1 unspecified atom stereocenters. The van der Waals surface area contributed by atoms with E-state index in [0.29, 0.717) is 26.3 Å². The molecule has 0 aromatic heterocycles. The lowest BCUT2D eigenvalue weighted by atomic mass is 10.4. The highest BCUT2D eigenvalue weighted by Gasteiger charge is 2.27. The molecular weight excluding hydrogens is 174 g/mol. The average molecular weight is 189 g/mol. The number of methoxy groups -OCH3 is 2. The van der Waals surface area contributed by atoms with Crippen molar-refractivity contribution in [3.05, 3.63) is 0 Å². The van der Waals surface area contributed by atoms with E-state index in [4.69, 9.17) is 9.47 Å². The third kappa shape index (κ3) is 2.65. The van der Waals surface area contributed by atoms with Gasteiger partial charge in [-0.2, -0.15) is 0 Å². The average Bonchev–Trinajstić information content (AvgIpc) is 2.20. The van der Waals surface area contributed by atoms with E-state index in [1.54, 1.807) is 0 Å². The SMILES string of the molecule is COC(=O)C(OC)N1CCOCC1. The fourth-order valence-corrected chi connectivity index (χ4v) is 1.31. The molecule has 0 spiro atoms. The fraction of sp³-hybridized carbons (Fsp3) is 0.875. The van der Waals surface area contributed by atoms with Gasteiger partial charge in [0.15, 0.2) is 0 Å². The van der Waals surface area contributed by atoms with Crippen LogP contribution in [0.4, 0.5) is 0 Å². The first-order valence-electron chi connectivity index (χ1n) is 4.22. The largest absolute Gasteiger partial charge is 0.466 e. The molecule has 1 aliphatic heterocycles. The first kappa shape index (κ1) is 10.4. The van der Waals surface area contributed by atoms with Crippen LogP contribution in [0, 0.1) is 0 Å². The van der Waals surface area contributed by atoms with Crippen molar-refractivity contribution in [2.75, 3.05) is 40.5 Å². The minimum Gasteiger partial charge on any atom is -0.466 e. The van der Waals surface area contributed by atoms with E-state index in [1.165, 1.54) is 14.2 Å². The number of carbonyl (C=O) groups excluding carboxylic acids is 1. The molecule has 1 fully saturated rings. The molecule has 0 aromatic carbocycles. The van der Waals surface area contributed by atoms with Gasteiger partial charge >= 0.3 is 5.97 Å². The lowest BCUT2D eigenvalue weighted by molar-refractivity contribution is -0.169. The molecular formula is C8H15NO4. The molecule has 0 N–H and O–H groups in total. The lowest BCUT2D eigenvalue weighted by Crippen LogP contribution is -2.48. The van der Waals surface area contributed by atoms with Crippen LogP contribution in [0.15, 0.2) is 0 Å². The zero-order valence-electron chi connectivity index (χ0n) is 7.99. The Morgan fingerprint density at radius 3 is 2.46 bits per heavy atom. The monoisotopic (exact) mass is 189 g/mol. The van der Waals surface area contributed by atoms with E-state index in [1.807, 2.05) is 4.90 Å². The Labute approximate surface area is 77.6 Å². The van der Waals surface area contributed by atoms with Crippen LogP contribution < -0.4 is 0 Å². The van der Waals surface area contributed by atoms with Gasteiger partial charge in [0.05, 0.1) is 20.3 Å². The smallest absolute Gasteiger partial charge is 0.350 e. The van der Waals surface area contributed by atoms with Crippen LogP contribution in [0.3, 0.4) is 0 Å². The first-order valence-corrected chi connectivity index (χ1v) is 4.22. The number of rotatable bonds is 3. The van der Waals surface area contributed by atoms with Gasteiger partial charge in [-0.05, 0) is 0 Å². The molecule has 1 atom stereocenters. The molecule has 0 radical (unpaired) electrons. The summed E-state index contributed by atoms with van der Waals surface area (Å²) in [5.41, 5.74) is 0. The maximum absolute atomic E-state index is 11.2. The molecule has 0 amide bonds. The zero-order valence-corrected chi connectivity index (χ0v) is 7.99. The predicted octanol–water partition coefficient (Wildman–Crippen LogP) is -0.536. The number of carbonyl (C=O) groups is 1. The third-order valence-electron chi connectivity index (χ3n) is 2.00. The molecule has 5 heteroatoms. The molecule has 1 aliphatic rings. The Bertz CT molecular complexity index is 168. The summed E-state index contributed by atoms with van der Waals surface area (Å²) < 4.78 is 14.8. The van der Waals surface area contributed by atoms with Crippen molar-refractivity contribution >= 4 is 5.97 Å². The molecule has 1 heterocycles. The van der Waals surface area contributed by atoms with Gasteiger partial charge in [0.2, 0.25) is 6.23 Å². The fourth-order valence-electron chi connectivity index (χ4n) is 1.31. The number of nitrogens with zero attached hydrogens (tertiary/aromatic N) is 1. The van der Waals surface area contributed by atoms with Crippen LogP contribution in [0.5, 0.6) is 0 Å². The summed E-state index contributed by atoms with van der Waals surface area (Å²) in [6.45, 7) is 2.68. The lowest BCUT2D eigenvalue weighted by Gasteiger charge is -2.31. The quantitative estimate of drug-likeness (QED) is 0.558. The van der Waals surface area contributed by atoms with Gasteiger partial charge in [0.1, 0.15) is 0 Å². The molecule has 5 nitrogen and oxygen atoms in total. The second kappa shape index (κ2) is 5.16. The minimum absolute atomic E-state index is 0.357. The Kier molecular flexibility index (Phi) is 4.14. The Hall–Kier alpha value is -0.650. The summed E-state index contributed by atoms with van der Waals surface area (Å²) in [5.74, 6) is -0.357. The van der Waals surface area contributed by atoms with Crippen LogP contribution in [0.2, 0.25) is 0 Å². The van der Waals surface area contributed by atoms with Crippen molar-refractivity contribution in [3.8, 4) is 0 Å². The minimum atomic E-state index is -0.589. The van der Waals surface area contributed by atoms with E-state index in [0.717, 1.165) is 0 Å². The van der Waals surface area contributed by atoms with E-state index >= 15 is 0 Å². The summed E-state index contributed by atoms with van der Waals surface area (Å²) in [6.07, 6.45) is -0.589. The predicted molar refractivity (Wildman–Crippen MR) is 45.2 cm³/mol. The zero-order chi connectivity index (χ0) is 9.68. The van der Waals surface area contributed by atoms with Crippen molar-refractivity contribution in [2.24, 2.45) is 0 Å². The van der Waals surface area contributed by atoms with Crippen molar-refractivity contribution in [3.63, 3.8) is 0 Å². The van der Waals surface area contributed by atoms with Gasteiger partial charge in [-0.15, -0.1) is 0 Å². The Balaban J connectivity index is 2.48. The number of ether oxygens (including phenoxy) is 3. The molecule has 0 aliphatic carbocycles. The highest BCUT2D eigenvalue weighted by atomic mass is 16.6. The van der Waals surface area contributed by atoms with Crippen molar-refractivity contribution in [2.45, 2.75) is 6.23 Å². The first-order chi connectivity index (χ1) is 6.29. The van der Waals surface area contributed by atoms with Gasteiger partial charge in [-0.1, -0.05) is 0 Å². The van der Waals surface area contributed by atoms with Crippen molar-refractivity contribution < 1.29 is 19.0 Å². The number of hydrogen-bond donors (Lipinski definition) is 0. The van der Waals surface area contributed by atoms with Crippen LogP contribution in [0.25, 0.3) is 0 Å². The van der Waals surface area contributed by atoms with E-state index in [9.17, 15) is 4.79 Å². The highest BCUT2D eigenvalue weighted by molar-refractivity contribution is 5.74. The molecule has 13 heavy (non-hydrogen) atoms. The molecule has 0 saturated carbocycles. The van der Waals surface area contributed by atoms with Crippen LogP contribution in [-0.2, 0) is 19.0 Å². The van der Waals surface area contributed by atoms with E-state index in [2.05, 4.69) is 4.74 Å². The number of morpholine rings is 1. The van der Waals surface area contributed by atoms with Crippen LogP contribution in [0.1, 0.15) is 0 Å². The van der Waals surface area contributed by atoms with Gasteiger partial charge in [-0.25, -0.2) is 4.79 Å². The normalized spacial score (nSPS) is 21.1. The number of esters is 1. The summed E-state index contributed by atoms with van der Waals surface area (Å²) in [5, 5.41) is 0. The molecule has 0 aromatic rings. The number of hydrogen-bond acceptors (Lipinski definition) is 5. The van der Waals surface area contributed by atoms with Gasteiger partial charge in [0.25, 0.3) is 0 Å². The molecule has 1 rings (SSSR count). The third-order valence-corrected chi connectivity index (χ3v) is 2.00. The maximum Gasteiger partial charge on any atom is 0.350 e. The Morgan fingerprint density at radius 2 is 2.00 bits per heavy atom. The van der Waals surface area contributed by atoms with Crippen molar-refractivity contribution in [1.82, 2.24) is 4.90 Å². The standard InChI is InChI=1S/C8H15NO4/c1-11-7(8(10)12-2)9-3-5-13-6-4-9/h7H,3-6H2,1-2H3. The molecule has 1 saturated heterocycles. The Morgan fingerprint density at radius 1 is 1.38 bits per heavy atom. The van der Waals surface area contributed by atoms with Crippen molar-refractivity contribution in [1.29, 1.82) is 0 Å². The van der Waals surface area contributed by atoms with Gasteiger partial charge in [-0.3, -0.25) is 4.90 Å². The van der Waals surface area contributed by atoms with Crippen LogP contribution in [-0.4, -0.2) is 57.6 Å². The van der Waals surface area contributed by atoms with Gasteiger partial charge in [0, 0.05) is 20.2 Å². The second-order valence-corrected chi connectivity index (χ2v) is 2.76. The summed E-state index contributed by atoms with van der Waals surface area (Å²) in [6, 6.07) is 0. The van der Waals surface area contributed by atoms with Crippen LogP contribution >= 0.6 is 0 Å². The topological polar surface area (TPSA) is 48.0 Å². The molecule has 0 bridgehead atoms. The van der Waals surface area contributed by atoms with E-state index in [-0.39, 0.29) is 5.97 Å². The summed E-state index contributed by atoms with van der Waals surface area (Å²) >= 11 is 0. The van der Waals surface area contributed by atoms with E-state index < -0.39 is 6.23 Å². The highest BCUT2D eigenvalue weighted by Crippen LogP contribution is 2.05. The summed E-state index contributed by atoms with van der Waals surface area (Å²) in [7, 11) is 2.85. The van der Waals surface area contributed by atoms with Gasteiger partial charge < -0.3 is 14.2 Å². The maximum atomic E-state index is 11.2. The summed E-state index contributed by atoms with van der Waals surface area (Å²) in [4.78, 5) is 13.1.